The number of amides is 2. The summed E-state index contributed by atoms with van der Waals surface area (Å²) in [5, 5.41) is 6.25. The van der Waals surface area contributed by atoms with Crippen molar-refractivity contribution in [3.63, 3.8) is 0 Å². The first-order valence-corrected chi connectivity index (χ1v) is 8.97. The second-order valence-electron chi connectivity index (χ2n) is 5.46. The summed E-state index contributed by atoms with van der Waals surface area (Å²) in [5.74, 6) is -0.388. The van der Waals surface area contributed by atoms with Crippen molar-refractivity contribution in [2.45, 2.75) is 18.2 Å². The first kappa shape index (κ1) is 17.5. The molecule has 0 aliphatic carbocycles. The highest BCUT2D eigenvalue weighted by atomic mass is 35.5. The van der Waals surface area contributed by atoms with Crippen LogP contribution in [0.4, 0.5) is 5.69 Å². The van der Waals surface area contributed by atoms with Gasteiger partial charge in [-0.15, -0.1) is 0 Å². The summed E-state index contributed by atoms with van der Waals surface area (Å²) in [5.41, 5.74) is 1.71. The summed E-state index contributed by atoms with van der Waals surface area (Å²) in [6, 6.07) is 16.5. The zero-order valence-corrected chi connectivity index (χ0v) is 14.8. The molecule has 1 fully saturated rings. The molecule has 1 saturated heterocycles. The maximum Gasteiger partial charge on any atom is 0.240 e. The van der Waals surface area contributed by atoms with Gasteiger partial charge in [-0.05, 0) is 29.8 Å². The summed E-state index contributed by atoms with van der Waals surface area (Å²) in [6.07, 6.45) is 0.103. The van der Waals surface area contributed by atoms with Gasteiger partial charge in [0.2, 0.25) is 11.8 Å². The molecule has 2 aromatic rings. The van der Waals surface area contributed by atoms with Crippen molar-refractivity contribution in [3.8, 4) is 0 Å². The van der Waals surface area contributed by atoms with Crippen LogP contribution in [0.5, 0.6) is 0 Å². The number of rotatable bonds is 5. The molecule has 5 nitrogen and oxygen atoms in total. The average Bonchev–Trinajstić information content (AvgIpc) is 2.95. The van der Waals surface area contributed by atoms with Crippen LogP contribution in [0.2, 0.25) is 5.02 Å². The topological polar surface area (TPSA) is 70.6 Å². The Morgan fingerprint density at radius 3 is 2.60 bits per heavy atom. The predicted octanol–water partition coefficient (Wildman–Crippen LogP) is 3.46. The van der Waals surface area contributed by atoms with Gasteiger partial charge in [-0.3, -0.25) is 14.6 Å². The standard InChI is InChI=1S/C18H16ClN3O2S/c19-13-8-6-12(7-9-13)11-20-18-22-17(24)15(25-18)10-16(23)21-14-4-2-1-3-5-14/h1-9,15H,10-11H2,(H,21,23)(H,20,22,24). The van der Waals surface area contributed by atoms with Crippen molar-refractivity contribution in [1.82, 2.24) is 5.32 Å². The molecule has 2 aromatic carbocycles. The number of anilines is 1. The highest BCUT2D eigenvalue weighted by molar-refractivity contribution is 8.15. The van der Waals surface area contributed by atoms with Crippen LogP contribution < -0.4 is 10.6 Å². The van der Waals surface area contributed by atoms with Crippen LogP contribution in [-0.4, -0.2) is 22.2 Å². The van der Waals surface area contributed by atoms with Gasteiger partial charge in [0.15, 0.2) is 5.17 Å². The van der Waals surface area contributed by atoms with E-state index in [1.54, 1.807) is 24.3 Å². The third kappa shape index (κ3) is 5.08. The molecule has 128 valence electrons. The van der Waals surface area contributed by atoms with Gasteiger partial charge in [-0.25, -0.2) is 0 Å². The molecule has 0 saturated carbocycles. The van der Waals surface area contributed by atoms with E-state index in [1.165, 1.54) is 11.8 Å². The molecule has 25 heavy (non-hydrogen) atoms. The fourth-order valence-electron chi connectivity index (χ4n) is 2.27. The Kier molecular flexibility index (Phi) is 5.73. The minimum Gasteiger partial charge on any atom is -0.326 e. The first-order chi connectivity index (χ1) is 12.1. The largest absolute Gasteiger partial charge is 0.326 e. The summed E-state index contributed by atoms with van der Waals surface area (Å²) in [6.45, 7) is 0.447. The number of carbonyl (C=O) groups is 2. The van der Waals surface area contributed by atoms with Gasteiger partial charge in [0, 0.05) is 17.1 Å². The monoisotopic (exact) mass is 373 g/mol. The molecule has 1 heterocycles. The Morgan fingerprint density at radius 2 is 1.88 bits per heavy atom. The van der Waals surface area contributed by atoms with E-state index in [4.69, 9.17) is 11.6 Å². The van der Waals surface area contributed by atoms with E-state index in [-0.39, 0.29) is 18.2 Å². The maximum absolute atomic E-state index is 12.1. The number of amidine groups is 1. The second kappa shape index (κ2) is 8.18. The Balaban J connectivity index is 1.54. The quantitative estimate of drug-likeness (QED) is 0.843. The molecule has 0 spiro atoms. The molecule has 2 N–H and O–H groups in total. The van der Waals surface area contributed by atoms with E-state index in [2.05, 4.69) is 15.6 Å². The lowest BCUT2D eigenvalue weighted by Crippen LogP contribution is -2.28. The van der Waals surface area contributed by atoms with E-state index in [0.717, 1.165) is 5.56 Å². The lowest BCUT2D eigenvalue weighted by atomic mass is 10.2. The molecule has 1 unspecified atom stereocenters. The van der Waals surface area contributed by atoms with Gasteiger partial charge < -0.3 is 10.6 Å². The van der Waals surface area contributed by atoms with Crippen molar-refractivity contribution in [3.05, 3.63) is 65.2 Å². The molecule has 7 heteroatoms. The number of thioether (sulfide) groups is 1. The Bertz CT molecular complexity index is 794. The lowest BCUT2D eigenvalue weighted by molar-refractivity contribution is -0.122. The summed E-state index contributed by atoms with van der Waals surface area (Å²) in [4.78, 5) is 28.5. The van der Waals surface area contributed by atoms with Gasteiger partial charge in [-0.1, -0.05) is 53.7 Å². The Morgan fingerprint density at radius 1 is 1.16 bits per heavy atom. The SMILES string of the molecule is O=C(CC1SC(=NCc2ccc(Cl)cc2)NC1=O)Nc1ccccc1. The van der Waals surface area contributed by atoms with Gasteiger partial charge in [0.25, 0.3) is 0 Å². The average molecular weight is 374 g/mol. The molecular formula is C18H16ClN3O2S. The molecule has 0 aromatic heterocycles. The van der Waals surface area contributed by atoms with Crippen LogP contribution in [0.3, 0.4) is 0 Å². The van der Waals surface area contributed by atoms with E-state index >= 15 is 0 Å². The molecular weight excluding hydrogens is 358 g/mol. The highest BCUT2D eigenvalue weighted by Crippen LogP contribution is 2.23. The van der Waals surface area contributed by atoms with Crippen molar-refractivity contribution < 1.29 is 9.59 Å². The number of benzene rings is 2. The third-order valence-electron chi connectivity index (χ3n) is 3.52. The van der Waals surface area contributed by atoms with Crippen LogP contribution in [0.15, 0.2) is 59.6 Å². The zero-order valence-electron chi connectivity index (χ0n) is 13.2. The fraction of sp³-hybridized carbons (Fsp3) is 0.167. The van der Waals surface area contributed by atoms with Crippen LogP contribution in [0.25, 0.3) is 0 Å². The number of hydrogen-bond donors (Lipinski definition) is 2. The van der Waals surface area contributed by atoms with Gasteiger partial charge in [0.1, 0.15) is 5.25 Å². The van der Waals surface area contributed by atoms with Crippen LogP contribution in [-0.2, 0) is 16.1 Å². The van der Waals surface area contributed by atoms with Crippen LogP contribution in [0.1, 0.15) is 12.0 Å². The normalized spacial score (nSPS) is 18.2. The first-order valence-electron chi connectivity index (χ1n) is 7.71. The smallest absolute Gasteiger partial charge is 0.240 e. The van der Waals surface area contributed by atoms with Crippen molar-refractivity contribution in [2.24, 2.45) is 4.99 Å². The second-order valence-corrected chi connectivity index (χ2v) is 7.09. The third-order valence-corrected chi connectivity index (χ3v) is 4.89. The summed E-state index contributed by atoms with van der Waals surface area (Å²) < 4.78 is 0. The van der Waals surface area contributed by atoms with E-state index in [1.807, 2.05) is 30.3 Å². The number of aliphatic imine (C=N–C) groups is 1. The van der Waals surface area contributed by atoms with Gasteiger partial charge in [0.05, 0.1) is 6.54 Å². The molecule has 1 aliphatic heterocycles. The van der Waals surface area contributed by atoms with Crippen molar-refractivity contribution >= 4 is 46.0 Å². The van der Waals surface area contributed by atoms with E-state index in [9.17, 15) is 9.59 Å². The molecule has 2 amide bonds. The van der Waals surface area contributed by atoms with Crippen LogP contribution >= 0.6 is 23.4 Å². The minimum absolute atomic E-state index is 0.103. The van der Waals surface area contributed by atoms with E-state index in [0.29, 0.717) is 22.4 Å². The summed E-state index contributed by atoms with van der Waals surface area (Å²) in [7, 11) is 0. The zero-order chi connectivity index (χ0) is 17.6. The van der Waals surface area contributed by atoms with Gasteiger partial charge in [-0.2, -0.15) is 0 Å². The van der Waals surface area contributed by atoms with Gasteiger partial charge >= 0.3 is 0 Å². The number of carbonyl (C=O) groups excluding carboxylic acids is 2. The minimum atomic E-state index is -0.465. The van der Waals surface area contributed by atoms with Crippen LogP contribution in [0, 0.1) is 0 Å². The number of halogens is 1. The molecule has 1 atom stereocenters. The molecule has 0 bridgehead atoms. The number of para-hydroxylation sites is 1. The predicted molar refractivity (Wildman–Crippen MR) is 102 cm³/mol. The maximum atomic E-state index is 12.1. The van der Waals surface area contributed by atoms with Crippen molar-refractivity contribution in [1.29, 1.82) is 0 Å². The molecule has 1 aliphatic rings. The molecule has 0 radical (unpaired) electrons. The number of nitrogens with one attached hydrogen (secondary N) is 2. The lowest BCUT2D eigenvalue weighted by Gasteiger charge is -2.07. The molecule has 3 rings (SSSR count). The number of hydrogen-bond acceptors (Lipinski definition) is 4. The Hall–Kier alpha value is -2.31. The highest BCUT2D eigenvalue weighted by Gasteiger charge is 2.31. The number of nitrogens with zero attached hydrogens (tertiary/aromatic N) is 1. The Labute approximate surface area is 154 Å². The fourth-order valence-corrected chi connectivity index (χ4v) is 3.36. The summed E-state index contributed by atoms with van der Waals surface area (Å²) >= 11 is 7.13. The van der Waals surface area contributed by atoms with E-state index < -0.39 is 5.25 Å². The van der Waals surface area contributed by atoms with Crippen molar-refractivity contribution in [2.75, 3.05) is 5.32 Å².